The van der Waals surface area contributed by atoms with Gasteiger partial charge in [-0.3, -0.25) is 4.72 Å². The topological polar surface area (TPSA) is 141 Å². The molecule has 9 nitrogen and oxygen atoms in total. The number of aromatic nitrogens is 1. The first kappa shape index (κ1) is 18.5. The van der Waals surface area contributed by atoms with Gasteiger partial charge in [-0.1, -0.05) is 0 Å². The smallest absolute Gasteiger partial charge is 0.339 e. The van der Waals surface area contributed by atoms with Gasteiger partial charge in [0.15, 0.2) is 5.13 Å². The first-order valence-electron chi connectivity index (χ1n) is 7.35. The Labute approximate surface area is 157 Å². The third-order valence-corrected chi connectivity index (χ3v) is 5.47. The number of aromatic hydroxyl groups is 1. The molecule has 3 aromatic rings. The van der Waals surface area contributed by atoms with E-state index in [9.17, 15) is 18.3 Å². The van der Waals surface area contributed by atoms with Crippen LogP contribution in [0.2, 0.25) is 0 Å². The van der Waals surface area contributed by atoms with Crippen molar-refractivity contribution in [3.63, 3.8) is 0 Å². The summed E-state index contributed by atoms with van der Waals surface area (Å²) in [5.41, 5.74) is 0.307. The summed E-state index contributed by atoms with van der Waals surface area (Å²) in [6, 6.07) is 9.43. The molecule has 0 amide bonds. The molecule has 0 bridgehead atoms. The molecular formula is C16H12N4O5S2. The highest BCUT2D eigenvalue weighted by atomic mass is 32.2. The quantitative estimate of drug-likeness (QED) is 0.534. The first-order chi connectivity index (χ1) is 12.8. The summed E-state index contributed by atoms with van der Waals surface area (Å²) in [5, 5.41) is 28.2. The summed E-state index contributed by atoms with van der Waals surface area (Å²) in [5.74, 6) is -1.66. The second-order valence-corrected chi connectivity index (χ2v) is 7.72. The van der Waals surface area contributed by atoms with E-state index < -0.39 is 16.0 Å². The molecule has 0 saturated heterocycles. The Balaban J connectivity index is 1.77. The van der Waals surface area contributed by atoms with Crippen molar-refractivity contribution in [1.82, 2.24) is 4.98 Å². The minimum Gasteiger partial charge on any atom is -0.507 e. The highest BCUT2D eigenvalue weighted by Gasteiger charge is 2.15. The SMILES string of the molecule is O=C(O)c1cc(N=Nc2ccc(S(=O)(=O)Nc3nccs3)cc2)ccc1O. The number of benzene rings is 2. The maximum Gasteiger partial charge on any atom is 0.339 e. The number of aromatic carboxylic acids is 1. The molecule has 0 unspecified atom stereocenters. The fourth-order valence-electron chi connectivity index (χ4n) is 2.01. The third-order valence-electron chi connectivity index (χ3n) is 3.29. The summed E-state index contributed by atoms with van der Waals surface area (Å²) in [7, 11) is -3.75. The van der Waals surface area contributed by atoms with Gasteiger partial charge in [-0.2, -0.15) is 10.2 Å². The van der Waals surface area contributed by atoms with Crippen molar-refractivity contribution in [2.45, 2.75) is 4.90 Å². The number of rotatable bonds is 6. The lowest BCUT2D eigenvalue weighted by molar-refractivity contribution is 0.0693. The maximum atomic E-state index is 12.2. The Hall–Kier alpha value is -3.31. The Bertz CT molecular complexity index is 1090. The molecule has 138 valence electrons. The fraction of sp³-hybridized carbons (Fsp3) is 0. The van der Waals surface area contributed by atoms with Gasteiger partial charge >= 0.3 is 5.97 Å². The largest absolute Gasteiger partial charge is 0.507 e. The predicted octanol–water partition coefficient (Wildman–Crippen LogP) is 3.76. The van der Waals surface area contributed by atoms with Gasteiger partial charge in [-0.25, -0.2) is 18.2 Å². The molecule has 1 aromatic heterocycles. The summed E-state index contributed by atoms with van der Waals surface area (Å²) >= 11 is 1.16. The van der Waals surface area contributed by atoms with Crippen LogP contribution in [-0.4, -0.2) is 29.6 Å². The van der Waals surface area contributed by atoms with Gasteiger partial charge < -0.3 is 10.2 Å². The van der Waals surface area contributed by atoms with Crippen LogP contribution in [0.15, 0.2) is 69.2 Å². The Morgan fingerprint density at radius 1 is 1.07 bits per heavy atom. The first-order valence-corrected chi connectivity index (χ1v) is 9.72. The molecule has 0 spiro atoms. The molecule has 2 aromatic carbocycles. The van der Waals surface area contributed by atoms with Crippen molar-refractivity contribution in [3.05, 3.63) is 59.6 Å². The molecule has 0 radical (unpaired) electrons. The van der Waals surface area contributed by atoms with Crippen LogP contribution in [0.4, 0.5) is 16.5 Å². The number of phenols is 1. The number of sulfonamides is 1. The van der Waals surface area contributed by atoms with Gasteiger partial charge in [0.1, 0.15) is 11.3 Å². The number of carboxylic acid groups (broad SMARTS) is 1. The number of thiazole rings is 1. The normalized spacial score (nSPS) is 11.6. The van der Waals surface area contributed by atoms with Crippen LogP contribution in [0.5, 0.6) is 5.75 Å². The second kappa shape index (κ2) is 7.51. The third kappa shape index (κ3) is 4.46. The highest BCUT2D eigenvalue weighted by molar-refractivity contribution is 7.93. The number of nitrogens with zero attached hydrogens (tertiary/aromatic N) is 3. The van der Waals surface area contributed by atoms with Crippen molar-refractivity contribution in [2.75, 3.05) is 4.72 Å². The van der Waals surface area contributed by atoms with Crippen molar-refractivity contribution in [1.29, 1.82) is 0 Å². The van der Waals surface area contributed by atoms with Gasteiger partial charge in [-0.15, -0.1) is 11.3 Å². The molecule has 0 aliphatic carbocycles. The standard InChI is InChI=1S/C16H12N4O5S2/c21-14-6-3-11(9-13(14)15(22)23)19-18-10-1-4-12(5-2-10)27(24,25)20-16-17-7-8-26-16/h1-9,21H,(H,17,20)(H,22,23). The molecule has 0 saturated carbocycles. The van der Waals surface area contributed by atoms with Crippen molar-refractivity contribution < 1.29 is 23.4 Å². The van der Waals surface area contributed by atoms with E-state index in [-0.39, 0.29) is 27.0 Å². The van der Waals surface area contributed by atoms with E-state index in [0.29, 0.717) is 5.69 Å². The van der Waals surface area contributed by atoms with E-state index in [2.05, 4.69) is 19.9 Å². The van der Waals surface area contributed by atoms with Crippen molar-refractivity contribution in [3.8, 4) is 5.75 Å². The average Bonchev–Trinajstić information content (AvgIpc) is 3.13. The van der Waals surface area contributed by atoms with E-state index in [1.54, 1.807) is 5.38 Å². The van der Waals surface area contributed by atoms with Crippen LogP contribution in [0.1, 0.15) is 10.4 Å². The number of azo groups is 1. The van der Waals surface area contributed by atoms with Gasteiger partial charge in [0, 0.05) is 11.6 Å². The van der Waals surface area contributed by atoms with Crippen molar-refractivity contribution in [2.24, 2.45) is 10.2 Å². The van der Waals surface area contributed by atoms with Crippen LogP contribution in [0, 0.1) is 0 Å². The molecule has 3 N–H and O–H groups in total. The minimum atomic E-state index is -3.75. The molecule has 27 heavy (non-hydrogen) atoms. The molecule has 0 aliphatic heterocycles. The van der Waals surface area contributed by atoms with Gasteiger partial charge in [-0.05, 0) is 42.5 Å². The van der Waals surface area contributed by atoms with E-state index in [4.69, 9.17) is 5.11 Å². The van der Waals surface area contributed by atoms with Crippen LogP contribution in [-0.2, 0) is 10.0 Å². The highest BCUT2D eigenvalue weighted by Crippen LogP contribution is 2.26. The zero-order valence-corrected chi connectivity index (χ0v) is 15.1. The van der Waals surface area contributed by atoms with Gasteiger partial charge in [0.2, 0.25) is 0 Å². The lowest BCUT2D eigenvalue weighted by atomic mass is 10.2. The van der Waals surface area contributed by atoms with E-state index in [1.807, 2.05) is 0 Å². The minimum absolute atomic E-state index is 0.0365. The Morgan fingerprint density at radius 3 is 2.37 bits per heavy atom. The monoisotopic (exact) mass is 404 g/mol. The summed E-state index contributed by atoms with van der Waals surface area (Å²) in [6.45, 7) is 0. The molecule has 1 heterocycles. The van der Waals surface area contributed by atoms with E-state index in [1.165, 1.54) is 48.7 Å². The van der Waals surface area contributed by atoms with E-state index in [0.717, 1.165) is 11.3 Å². The summed E-state index contributed by atoms with van der Waals surface area (Å²) < 4.78 is 26.9. The van der Waals surface area contributed by atoms with Crippen LogP contribution < -0.4 is 4.72 Å². The molecule has 3 rings (SSSR count). The van der Waals surface area contributed by atoms with Crippen LogP contribution >= 0.6 is 11.3 Å². The zero-order chi connectivity index (χ0) is 19.4. The van der Waals surface area contributed by atoms with Crippen LogP contribution in [0.3, 0.4) is 0 Å². The number of carbonyl (C=O) groups is 1. The van der Waals surface area contributed by atoms with Crippen LogP contribution in [0.25, 0.3) is 0 Å². The number of nitrogens with one attached hydrogen (secondary N) is 1. The molecule has 11 heteroatoms. The lowest BCUT2D eigenvalue weighted by Gasteiger charge is -2.05. The van der Waals surface area contributed by atoms with Gasteiger partial charge in [0.05, 0.1) is 16.3 Å². The predicted molar refractivity (Wildman–Crippen MR) is 98.6 cm³/mol. The summed E-state index contributed by atoms with van der Waals surface area (Å²) in [4.78, 5) is 14.9. The number of anilines is 1. The number of hydrogen-bond acceptors (Lipinski definition) is 8. The van der Waals surface area contributed by atoms with E-state index >= 15 is 0 Å². The lowest BCUT2D eigenvalue weighted by Crippen LogP contribution is -2.12. The maximum absolute atomic E-state index is 12.2. The number of hydrogen-bond donors (Lipinski definition) is 3. The zero-order valence-electron chi connectivity index (χ0n) is 13.5. The molecule has 0 fully saturated rings. The average molecular weight is 404 g/mol. The second-order valence-electron chi connectivity index (χ2n) is 5.14. The molecular weight excluding hydrogens is 392 g/mol. The summed E-state index contributed by atoms with van der Waals surface area (Å²) in [6.07, 6.45) is 1.49. The Morgan fingerprint density at radius 2 is 1.74 bits per heavy atom. The van der Waals surface area contributed by atoms with Gasteiger partial charge in [0.25, 0.3) is 10.0 Å². The Kier molecular flexibility index (Phi) is 5.14. The molecule has 0 atom stereocenters. The molecule has 0 aliphatic rings. The number of carboxylic acids is 1. The van der Waals surface area contributed by atoms with Crippen molar-refractivity contribution >= 4 is 43.8 Å². The fourth-order valence-corrected chi connectivity index (χ4v) is 3.80.